The quantitative estimate of drug-likeness (QED) is 0.834. The van der Waals surface area contributed by atoms with Crippen molar-refractivity contribution in [1.29, 1.82) is 0 Å². The maximum atomic E-state index is 5.82. The van der Waals surface area contributed by atoms with Crippen LogP contribution in [0, 0.1) is 5.92 Å². The minimum absolute atomic E-state index is 0.116. The molecular formula is C12H20ClN3. The van der Waals surface area contributed by atoms with Gasteiger partial charge >= 0.3 is 0 Å². The summed E-state index contributed by atoms with van der Waals surface area (Å²) >= 11 is 5.79. The molecule has 0 radical (unpaired) electrons. The van der Waals surface area contributed by atoms with E-state index in [0.29, 0.717) is 17.5 Å². The molecule has 0 aromatic carbocycles. The van der Waals surface area contributed by atoms with Gasteiger partial charge in [-0.3, -0.25) is 0 Å². The van der Waals surface area contributed by atoms with Crippen LogP contribution in [0.1, 0.15) is 27.2 Å². The Hall–Kier alpha value is -0.800. The molecule has 0 fully saturated rings. The molecule has 0 saturated carbocycles. The van der Waals surface area contributed by atoms with Crippen molar-refractivity contribution in [3.05, 3.63) is 23.4 Å². The molecule has 0 amide bonds. The van der Waals surface area contributed by atoms with E-state index in [1.165, 1.54) is 0 Å². The Morgan fingerprint density at radius 1 is 1.50 bits per heavy atom. The van der Waals surface area contributed by atoms with E-state index < -0.39 is 0 Å². The molecule has 1 unspecified atom stereocenters. The fourth-order valence-electron chi connectivity index (χ4n) is 1.85. The van der Waals surface area contributed by atoms with E-state index in [9.17, 15) is 0 Å². The second kappa shape index (κ2) is 5.51. The first-order valence-electron chi connectivity index (χ1n) is 5.55. The Balaban J connectivity index is 2.72. The van der Waals surface area contributed by atoms with Gasteiger partial charge in [-0.15, -0.1) is 0 Å². The Kier molecular flexibility index (Phi) is 4.56. The number of pyridine rings is 1. The molecule has 1 rings (SSSR count). The van der Waals surface area contributed by atoms with Crippen LogP contribution in [-0.2, 0) is 0 Å². The lowest BCUT2D eigenvalue weighted by Crippen LogP contribution is -2.43. The van der Waals surface area contributed by atoms with Crippen LogP contribution < -0.4 is 11.1 Å². The summed E-state index contributed by atoms with van der Waals surface area (Å²) in [7, 11) is 0. The number of nitrogens with two attached hydrogens (primary N) is 1. The van der Waals surface area contributed by atoms with Crippen LogP contribution in [0.3, 0.4) is 0 Å². The molecule has 3 nitrogen and oxygen atoms in total. The molecule has 0 aliphatic heterocycles. The molecule has 0 aliphatic carbocycles. The van der Waals surface area contributed by atoms with Crippen molar-refractivity contribution in [2.75, 3.05) is 11.9 Å². The molecule has 0 aliphatic rings. The molecular weight excluding hydrogens is 222 g/mol. The average molecular weight is 242 g/mol. The number of halogens is 1. The van der Waals surface area contributed by atoms with E-state index in [1.807, 2.05) is 12.1 Å². The average Bonchev–Trinajstić information content (AvgIpc) is 2.20. The highest BCUT2D eigenvalue weighted by molar-refractivity contribution is 6.30. The van der Waals surface area contributed by atoms with E-state index in [-0.39, 0.29) is 5.54 Å². The number of hydrogen-bond donors (Lipinski definition) is 2. The van der Waals surface area contributed by atoms with Gasteiger partial charge in [-0.1, -0.05) is 25.4 Å². The molecule has 0 saturated heterocycles. The number of anilines is 1. The minimum atomic E-state index is -0.116. The zero-order chi connectivity index (χ0) is 12.2. The van der Waals surface area contributed by atoms with Crippen molar-refractivity contribution < 1.29 is 0 Å². The van der Waals surface area contributed by atoms with Gasteiger partial charge in [-0.25, -0.2) is 4.98 Å². The number of nitrogens with zero attached hydrogens (tertiary/aromatic N) is 1. The summed E-state index contributed by atoms with van der Waals surface area (Å²) in [4.78, 5) is 4.22. The van der Waals surface area contributed by atoms with Gasteiger partial charge in [0.05, 0.1) is 5.02 Å². The topological polar surface area (TPSA) is 50.9 Å². The van der Waals surface area contributed by atoms with Crippen LogP contribution in [0.2, 0.25) is 5.02 Å². The standard InChI is InChI=1S/C12H20ClN3/c1-9(2)6-12(3,8-14)16-11-5-4-10(13)7-15-11/h4-5,7,9H,6,8,14H2,1-3H3,(H,15,16). The van der Waals surface area contributed by atoms with E-state index in [2.05, 4.69) is 31.1 Å². The summed E-state index contributed by atoms with van der Waals surface area (Å²) in [5.74, 6) is 1.41. The van der Waals surface area contributed by atoms with Crippen molar-refractivity contribution in [3.8, 4) is 0 Å². The number of nitrogens with one attached hydrogen (secondary N) is 1. The molecule has 0 spiro atoms. The molecule has 1 aromatic heterocycles. The second-order valence-electron chi connectivity index (χ2n) is 4.85. The van der Waals surface area contributed by atoms with Gasteiger partial charge < -0.3 is 11.1 Å². The molecule has 1 heterocycles. The largest absolute Gasteiger partial charge is 0.364 e. The molecule has 1 aromatic rings. The van der Waals surface area contributed by atoms with Crippen LogP contribution >= 0.6 is 11.6 Å². The molecule has 4 heteroatoms. The highest BCUT2D eigenvalue weighted by atomic mass is 35.5. The fraction of sp³-hybridized carbons (Fsp3) is 0.583. The van der Waals surface area contributed by atoms with Crippen LogP contribution in [-0.4, -0.2) is 17.1 Å². The summed E-state index contributed by atoms with van der Waals surface area (Å²) in [6, 6.07) is 3.69. The normalized spacial score (nSPS) is 14.9. The molecule has 1 atom stereocenters. The first kappa shape index (κ1) is 13.3. The van der Waals surface area contributed by atoms with Crippen molar-refractivity contribution in [2.45, 2.75) is 32.7 Å². The molecule has 90 valence electrons. The lowest BCUT2D eigenvalue weighted by atomic mass is 9.91. The van der Waals surface area contributed by atoms with E-state index in [1.54, 1.807) is 6.20 Å². The Labute approximate surface area is 102 Å². The highest BCUT2D eigenvalue weighted by Gasteiger charge is 2.23. The summed E-state index contributed by atoms with van der Waals surface area (Å²) in [5.41, 5.74) is 5.70. The molecule has 0 bridgehead atoms. The van der Waals surface area contributed by atoms with E-state index in [0.717, 1.165) is 12.2 Å². The zero-order valence-electron chi connectivity index (χ0n) is 10.1. The minimum Gasteiger partial charge on any atom is -0.364 e. The van der Waals surface area contributed by atoms with E-state index >= 15 is 0 Å². The third kappa shape index (κ3) is 3.99. The first-order valence-corrected chi connectivity index (χ1v) is 5.93. The van der Waals surface area contributed by atoms with Gasteiger partial charge in [0.1, 0.15) is 5.82 Å². The Morgan fingerprint density at radius 3 is 2.62 bits per heavy atom. The van der Waals surface area contributed by atoms with Gasteiger partial charge in [0.25, 0.3) is 0 Å². The summed E-state index contributed by atoms with van der Waals surface area (Å²) in [6.07, 6.45) is 2.64. The van der Waals surface area contributed by atoms with Crippen LogP contribution in [0.15, 0.2) is 18.3 Å². The molecule has 16 heavy (non-hydrogen) atoms. The van der Waals surface area contributed by atoms with Crippen molar-refractivity contribution in [3.63, 3.8) is 0 Å². The summed E-state index contributed by atoms with van der Waals surface area (Å²) < 4.78 is 0. The lowest BCUT2D eigenvalue weighted by Gasteiger charge is -2.31. The Morgan fingerprint density at radius 2 is 2.19 bits per heavy atom. The maximum absolute atomic E-state index is 5.82. The third-order valence-corrected chi connectivity index (χ3v) is 2.69. The monoisotopic (exact) mass is 241 g/mol. The van der Waals surface area contributed by atoms with Gasteiger partial charge in [0, 0.05) is 18.3 Å². The maximum Gasteiger partial charge on any atom is 0.126 e. The van der Waals surface area contributed by atoms with Crippen molar-refractivity contribution in [2.24, 2.45) is 11.7 Å². The Bertz CT molecular complexity index is 324. The van der Waals surface area contributed by atoms with Crippen LogP contribution in [0.5, 0.6) is 0 Å². The van der Waals surface area contributed by atoms with Gasteiger partial charge in [-0.05, 0) is 31.4 Å². The number of rotatable bonds is 5. The third-order valence-electron chi connectivity index (χ3n) is 2.47. The number of hydrogen-bond acceptors (Lipinski definition) is 3. The first-order chi connectivity index (χ1) is 7.45. The van der Waals surface area contributed by atoms with E-state index in [4.69, 9.17) is 17.3 Å². The fourth-order valence-corrected chi connectivity index (χ4v) is 1.96. The second-order valence-corrected chi connectivity index (χ2v) is 5.29. The van der Waals surface area contributed by atoms with Crippen molar-refractivity contribution in [1.82, 2.24) is 4.98 Å². The van der Waals surface area contributed by atoms with Crippen LogP contribution in [0.4, 0.5) is 5.82 Å². The summed E-state index contributed by atoms with van der Waals surface area (Å²) in [5, 5.41) is 4.01. The smallest absolute Gasteiger partial charge is 0.126 e. The number of aromatic nitrogens is 1. The lowest BCUT2D eigenvalue weighted by molar-refractivity contribution is 0.406. The predicted octanol–water partition coefficient (Wildman–Crippen LogP) is 2.91. The van der Waals surface area contributed by atoms with Crippen molar-refractivity contribution >= 4 is 17.4 Å². The van der Waals surface area contributed by atoms with Gasteiger partial charge in [0.2, 0.25) is 0 Å². The van der Waals surface area contributed by atoms with Gasteiger partial charge in [-0.2, -0.15) is 0 Å². The predicted molar refractivity (Wildman–Crippen MR) is 69.8 cm³/mol. The SMILES string of the molecule is CC(C)CC(C)(CN)Nc1ccc(Cl)cn1. The zero-order valence-corrected chi connectivity index (χ0v) is 10.9. The highest BCUT2D eigenvalue weighted by Crippen LogP contribution is 2.21. The molecule has 3 N–H and O–H groups in total. The summed E-state index contributed by atoms with van der Waals surface area (Å²) in [6.45, 7) is 7.06. The van der Waals surface area contributed by atoms with Crippen LogP contribution in [0.25, 0.3) is 0 Å². The van der Waals surface area contributed by atoms with Gasteiger partial charge in [0.15, 0.2) is 0 Å².